The number of hydrogen-bond donors (Lipinski definition) is 1. The van der Waals surface area contributed by atoms with E-state index in [9.17, 15) is 0 Å². The summed E-state index contributed by atoms with van der Waals surface area (Å²) in [7, 11) is 0. The van der Waals surface area contributed by atoms with Crippen LogP contribution < -0.4 is 5.32 Å². The Morgan fingerprint density at radius 3 is 2.62 bits per heavy atom. The van der Waals surface area contributed by atoms with Crippen LogP contribution in [-0.2, 0) is 0 Å². The van der Waals surface area contributed by atoms with Crippen LogP contribution in [0.2, 0.25) is 0 Å². The molecule has 2 aromatic rings. The van der Waals surface area contributed by atoms with Crippen molar-refractivity contribution >= 4 is 5.95 Å². The summed E-state index contributed by atoms with van der Waals surface area (Å²) in [5, 5.41) is 3.28. The van der Waals surface area contributed by atoms with Crippen LogP contribution in [0, 0.1) is 0 Å². The lowest BCUT2D eigenvalue weighted by atomic mass is 10.1. The molecule has 0 aliphatic heterocycles. The molecule has 0 radical (unpaired) electrons. The molecule has 0 fully saturated rings. The predicted molar refractivity (Wildman–Crippen MR) is 62.9 cm³/mol. The van der Waals surface area contributed by atoms with Gasteiger partial charge in [0.05, 0.1) is 6.04 Å². The maximum atomic E-state index is 4.15. The van der Waals surface area contributed by atoms with Crippen molar-refractivity contribution in [2.24, 2.45) is 0 Å². The number of aromatic nitrogens is 3. The van der Waals surface area contributed by atoms with Crippen LogP contribution in [0.5, 0.6) is 0 Å². The zero-order valence-electron chi connectivity index (χ0n) is 9.17. The summed E-state index contributed by atoms with van der Waals surface area (Å²) in [5.74, 6) is 0.651. The molecule has 0 bridgehead atoms. The maximum absolute atomic E-state index is 4.15. The lowest BCUT2D eigenvalue weighted by Gasteiger charge is -2.16. The van der Waals surface area contributed by atoms with Gasteiger partial charge in [0, 0.05) is 24.8 Å². The van der Waals surface area contributed by atoms with E-state index < -0.39 is 0 Å². The molecule has 0 saturated carbocycles. The Hall–Kier alpha value is -1.97. The highest BCUT2D eigenvalue weighted by molar-refractivity contribution is 5.29. The SMILES string of the molecule is CC[C@@H](Nc1ncccn1)c1cccnc1. The fraction of sp³-hybridized carbons (Fsp3) is 0.250. The first-order chi connectivity index (χ1) is 7.90. The maximum Gasteiger partial charge on any atom is 0.223 e. The Balaban J connectivity index is 2.13. The molecule has 0 aliphatic rings. The van der Waals surface area contributed by atoms with Crippen molar-refractivity contribution < 1.29 is 0 Å². The van der Waals surface area contributed by atoms with Crippen molar-refractivity contribution in [3.8, 4) is 0 Å². The molecule has 4 heteroatoms. The Morgan fingerprint density at radius 2 is 2.00 bits per heavy atom. The zero-order chi connectivity index (χ0) is 11.2. The van der Waals surface area contributed by atoms with Gasteiger partial charge in [0.1, 0.15) is 0 Å². The van der Waals surface area contributed by atoms with Gasteiger partial charge in [-0.1, -0.05) is 13.0 Å². The Kier molecular flexibility index (Phi) is 3.43. The highest BCUT2D eigenvalue weighted by Crippen LogP contribution is 2.18. The molecule has 82 valence electrons. The minimum atomic E-state index is 0.205. The Labute approximate surface area is 94.8 Å². The molecular weight excluding hydrogens is 200 g/mol. The Bertz CT molecular complexity index is 416. The van der Waals surface area contributed by atoms with Crippen LogP contribution in [0.25, 0.3) is 0 Å². The Morgan fingerprint density at radius 1 is 1.19 bits per heavy atom. The lowest BCUT2D eigenvalue weighted by molar-refractivity contribution is 0.734. The highest BCUT2D eigenvalue weighted by Gasteiger charge is 2.09. The summed E-state index contributed by atoms with van der Waals surface area (Å²) in [6.07, 6.45) is 8.06. The first-order valence-corrected chi connectivity index (χ1v) is 5.33. The summed E-state index contributed by atoms with van der Waals surface area (Å²) >= 11 is 0. The van der Waals surface area contributed by atoms with Crippen molar-refractivity contribution in [3.05, 3.63) is 48.5 Å². The first-order valence-electron chi connectivity index (χ1n) is 5.33. The lowest BCUT2D eigenvalue weighted by Crippen LogP contribution is -2.11. The van der Waals surface area contributed by atoms with Gasteiger partial charge in [0.15, 0.2) is 0 Å². The number of hydrogen-bond acceptors (Lipinski definition) is 4. The van der Waals surface area contributed by atoms with Gasteiger partial charge in [-0.15, -0.1) is 0 Å². The number of nitrogens with zero attached hydrogens (tertiary/aromatic N) is 3. The topological polar surface area (TPSA) is 50.7 Å². The van der Waals surface area contributed by atoms with Crippen LogP contribution in [0.1, 0.15) is 24.9 Å². The van der Waals surface area contributed by atoms with E-state index in [-0.39, 0.29) is 6.04 Å². The predicted octanol–water partition coefficient (Wildman–Crippen LogP) is 2.43. The first kappa shape index (κ1) is 10.5. The summed E-state index contributed by atoms with van der Waals surface area (Å²) in [4.78, 5) is 12.4. The van der Waals surface area contributed by atoms with E-state index in [4.69, 9.17) is 0 Å². The molecule has 0 spiro atoms. The monoisotopic (exact) mass is 214 g/mol. The van der Waals surface area contributed by atoms with Crippen LogP contribution in [-0.4, -0.2) is 15.0 Å². The summed E-state index contributed by atoms with van der Waals surface area (Å²) in [6.45, 7) is 2.12. The molecule has 2 aromatic heterocycles. The van der Waals surface area contributed by atoms with Crippen LogP contribution in [0.15, 0.2) is 43.0 Å². The molecule has 0 aliphatic carbocycles. The van der Waals surface area contributed by atoms with E-state index in [1.165, 1.54) is 0 Å². The van der Waals surface area contributed by atoms with Crippen LogP contribution in [0.3, 0.4) is 0 Å². The highest BCUT2D eigenvalue weighted by atomic mass is 15.1. The zero-order valence-corrected chi connectivity index (χ0v) is 9.17. The summed E-state index contributed by atoms with van der Waals surface area (Å²) in [5.41, 5.74) is 1.15. The van der Waals surface area contributed by atoms with E-state index >= 15 is 0 Å². The standard InChI is InChI=1S/C12H14N4/c1-2-11(10-5-3-6-13-9-10)16-12-14-7-4-8-15-12/h3-9,11H,2H2,1H3,(H,14,15,16)/t11-/m1/s1. The second-order valence-corrected chi connectivity index (χ2v) is 3.46. The minimum Gasteiger partial charge on any atom is -0.347 e. The number of anilines is 1. The third kappa shape index (κ3) is 2.53. The molecule has 0 amide bonds. The van der Waals surface area contributed by atoms with E-state index in [2.05, 4.69) is 33.3 Å². The van der Waals surface area contributed by atoms with Gasteiger partial charge in [-0.05, 0) is 24.1 Å². The second-order valence-electron chi connectivity index (χ2n) is 3.46. The van der Waals surface area contributed by atoms with Gasteiger partial charge in [0.2, 0.25) is 5.95 Å². The molecular formula is C12H14N4. The average molecular weight is 214 g/mol. The van der Waals surface area contributed by atoms with E-state index in [0.29, 0.717) is 5.95 Å². The van der Waals surface area contributed by atoms with Crippen molar-refractivity contribution in [2.75, 3.05) is 5.32 Å². The largest absolute Gasteiger partial charge is 0.347 e. The average Bonchev–Trinajstić information content (AvgIpc) is 2.38. The second kappa shape index (κ2) is 5.21. The fourth-order valence-corrected chi connectivity index (χ4v) is 1.53. The molecule has 2 rings (SSSR count). The van der Waals surface area contributed by atoms with Crippen molar-refractivity contribution in [2.45, 2.75) is 19.4 Å². The molecule has 1 N–H and O–H groups in total. The number of rotatable bonds is 4. The van der Waals surface area contributed by atoms with Crippen molar-refractivity contribution in [3.63, 3.8) is 0 Å². The van der Waals surface area contributed by atoms with Gasteiger partial charge >= 0.3 is 0 Å². The third-order valence-electron chi connectivity index (χ3n) is 2.36. The summed E-state index contributed by atoms with van der Waals surface area (Å²) < 4.78 is 0. The van der Waals surface area contributed by atoms with Gasteiger partial charge < -0.3 is 5.32 Å². The third-order valence-corrected chi connectivity index (χ3v) is 2.36. The molecule has 0 unspecified atom stereocenters. The van der Waals surface area contributed by atoms with E-state index in [1.54, 1.807) is 24.7 Å². The number of pyridine rings is 1. The molecule has 2 heterocycles. The van der Waals surface area contributed by atoms with Gasteiger partial charge in [-0.3, -0.25) is 4.98 Å². The minimum absolute atomic E-state index is 0.205. The fourth-order valence-electron chi connectivity index (χ4n) is 1.53. The molecule has 1 atom stereocenters. The van der Waals surface area contributed by atoms with E-state index in [1.807, 2.05) is 12.3 Å². The molecule has 4 nitrogen and oxygen atoms in total. The smallest absolute Gasteiger partial charge is 0.223 e. The van der Waals surface area contributed by atoms with Crippen LogP contribution >= 0.6 is 0 Å². The van der Waals surface area contributed by atoms with Crippen LogP contribution in [0.4, 0.5) is 5.95 Å². The molecule has 16 heavy (non-hydrogen) atoms. The van der Waals surface area contributed by atoms with E-state index in [0.717, 1.165) is 12.0 Å². The van der Waals surface area contributed by atoms with Gasteiger partial charge in [-0.2, -0.15) is 0 Å². The van der Waals surface area contributed by atoms with Crippen molar-refractivity contribution in [1.82, 2.24) is 15.0 Å². The normalized spacial score (nSPS) is 12.1. The molecule has 0 saturated heterocycles. The summed E-state index contributed by atoms with van der Waals surface area (Å²) in [6, 6.07) is 6.00. The number of nitrogens with one attached hydrogen (secondary N) is 1. The molecule has 0 aromatic carbocycles. The van der Waals surface area contributed by atoms with Gasteiger partial charge in [0.25, 0.3) is 0 Å². The van der Waals surface area contributed by atoms with Gasteiger partial charge in [-0.25, -0.2) is 9.97 Å². The quantitative estimate of drug-likeness (QED) is 0.849. The van der Waals surface area contributed by atoms with Crippen molar-refractivity contribution in [1.29, 1.82) is 0 Å².